The number of hydrogen-bond donors (Lipinski definition) is 3. The fraction of sp³-hybridized carbons (Fsp3) is 0.867. The molecule has 0 aromatic carbocycles. The van der Waals surface area contributed by atoms with E-state index in [0.29, 0.717) is 5.92 Å². The largest absolute Gasteiger partial charge is 0.480 e. The lowest BCUT2D eigenvalue weighted by atomic mass is 9.67. The van der Waals surface area contributed by atoms with Crippen molar-refractivity contribution in [2.24, 2.45) is 17.8 Å². The summed E-state index contributed by atoms with van der Waals surface area (Å²) in [5.41, 5.74) is 0. The van der Waals surface area contributed by atoms with Crippen molar-refractivity contribution >= 4 is 11.9 Å². The van der Waals surface area contributed by atoms with Crippen LogP contribution in [0.25, 0.3) is 0 Å². The molecule has 2 saturated carbocycles. The fourth-order valence-corrected chi connectivity index (χ4v) is 3.79. The molecule has 2 rings (SSSR count). The van der Waals surface area contributed by atoms with Crippen LogP contribution in [-0.4, -0.2) is 34.7 Å². The first-order valence-electron chi connectivity index (χ1n) is 7.76. The van der Waals surface area contributed by atoms with E-state index in [1.165, 1.54) is 25.7 Å². The highest BCUT2D eigenvalue weighted by Crippen LogP contribution is 2.42. The summed E-state index contributed by atoms with van der Waals surface area (Å²) in [5, 5.41) is 20.4. The first-order valence-corrected chi connectivity index (χ1v) is 7.76. The van der Waals surface area contributed by atoms with E-state index in [-0.39, 0.29) is 24.9 Å². The molecule has 0 saturated heterocycles. The lowest BCUT2D eigenvalue weighted by Gasteiger charge is -2.39. The molecule has 0 aromatic heterocycles. The summed E-state index contributed by atoms with van der Waals surface area (Å²) in [6.45, 7) is -0.230. The van der Waals surface area contributed by atoms with Gasteiger partial charge in [-0.25, -0.2) is 4.79 Å². The van der Waals surface area contributed by atoms with Gasteiger partial charge < -0.3 is 15.5 Å². The van der Waals surface area contributed by atoms with E-state index < -0.39 is 12.0 Å². The number of aliphatic hydroxyl groups excluding tert-OH is 1. The first kappa shape index (κ1) is 15.3. The van der Waals surface area contributed by atoms with E-state index in [2.05, 4.69) is 5.32 Å². The number of carboxylic acid groups (broad SMARTS) is 1. The van der Waals surface area contributed by atoms with E-state index in [0.717, 1.165) is 25.2 Å². The van der Waals surface area contributed by atoms with Crippen LogP contribution in [0.3, 0.4) is 0 Å². The Hall–Kier alpha value is -1.10. The summed E-state index contributed by atoms with van der Waals surface area (Å²) >= 11 is 0. The van der Waals surface area contributed by atoms with Crippen molar-refractivity contribution in [3.8, 4) is 0 Å². The lowest BCUT2D eigenvalue weighted by Crippen LogP contribution is -2.45. The summed E-state index contributed by atoms with van der Waals surface area (Å²) in [4.78, 5) is 23.2. The lowest BCUT2D eigenvalue weighted by molar-refractivity contribution is -0.143. The second-order valence-corrected chi connectivity index (χ2v) is 6.23. The van der Waals surface area contributed by atoms with E-state index >= 15 is 0 Å². The smallest absolute Gasteiger partial charge is 0.326 e. The van der Waals surface area contributed by atoms with Gasteiger partial charge in [-0.05, 0) is 31.1 Å². The van der Waals surface area contributed by atoms with Gasteiger partial charge in [0.25, 0.3) is 0 Å². The highest BCUT2D eigenvalue weighted by Gasteiger charge is 2.35. The molecule has 114 valence electrons. The van der Waals surface area contributed by atoms with Crippen molar-refractivity contribution in [3.05, 3.63) is 0 Å². The molecule has 20 heavy (non-hydrogen) atoms. The molecule has 0 aliphatic heterocycles. The van der Waals surface area contributed by atoms with Gasteiger partial charge in [0.15, 0.2) is 0 Å². The Balaban J connectivity index is 1.87. The molecule has 1 amide bonds. The van der Waals surface area contributed by atoms with Gasteiger partial charge in [0.05, 0.1) is 0 Å². The van der Waals surface area contributed by atoms with Crippen LogP contribution in [0, 0.1) is 17.8 Å². The first-order chi connectivity index (χ1) is 9.61. The van der Waals surface area contributed by atoms with Gasteiger partial charge in [-0.15, -0.1) is 0 Å². The predicted molar refractivity (Wildman–Crippen MR) is 74.1 cm³/mol. The molecule has 2 aliphatic rings. The zero-order chi connectivity index (χ0) is 14.5. The van der Waals surface area contributed by atoms with Gasteiger partial charge in [-0.1, -0.05) is 25.7 Å². The highest BCUT2D eigenvalue weighted by atomic mass is 16.4. The Morgan fingerprint density at radius 3 is 2.45 bits per heavy atom. The number of rotatable bonds is 5. The van der Waals surface area contributed by atoms with Crippen LogP contribution in [0.1, 0.15) is 51.4 Å². The standard InChI is InChI=1S/C15H25NO4/c17-8-7-13(15(19)20)16-14(18)12-6-5-10-3-1-2-4-11(10)9-12/h10-13,17H,1-9H2,(H,16,18)(H,19,20)/t10?,11?,12?,13-/m0/s1. The molecule has 5 heteroatoms. The van der Waals surface area contributed by atoms with Crippen LogP contribution in [0.5, 0.6) is 0 Å². The number of hydrogen-bond acceptors (Lipinski definition) is 3. The molecule has 0 heterocycles. The normalized spacial score (nSPS) is 31.1. The summed E-state index contributed by atoms with van der Waals surface area (Å²) in [7, 11) is 0. The van der Waals surface area contributed by atoms with Crippen molar-refractivity contribution in [3.63, 3.8) is 0 Å². The molecule has 0 spiro atoms. The molecule has 2 aliphatic carbocycles. The van der Waals surface area contributed by atoms with Gasteiger partial charge in [0.2, 0.25) is 5.91 Å². The van der Waals surface area contributed by atoms with Gasteiger partial charge in [0.1, 0.15) is 6.04 Å². The van der Waals surface area contributed by atoms with E-state index in [1.807, 2.05) is 0 Å². The van der Waals surface area contributed by atoms with Crippen molar-refractivity contribution in [2.75, 3.05) is 6.61 Å². The average Bonchev–Trinajstić information content (AvgIpc) is 2.46. The Kier molecular flexibility index (Phi) is 5.40. The zero-order valence-corrected chi connectivity index (χ0v) is 11.9. The minimum Gasteiger partial charge on any atom is -0.480 e. The molecule has 4 atom stereocenters. The monoisotopic (exact) mass is 283 g/mol. The average molecular weight is 283 g/mol. The Morgan fingerprint density at radius 2 is 1.80 bits per heavy atom. The topological polar surface area (TPSA) is 86.6 Å². The molecular weight excluding hydrogens is 258 g/mol. The Morgan fingerprint density at radius 1 is 1.10 bits per heavy atom. The molecule has 5 nitrogen and oxygen atoms in total. The Labute approximate surface area is 119 Å². The third kappa shape index (κ3) is 3.72. The molecule has 0 radical (unpaired) electrons. The SMILES string of the molecule is O=C(N[C@@H](CCO)C(=O)O)C1CCC2CCCCC2C1. The summed E-state index contributed by atoms with van der Waals surface area (Å²) in [6, 6.07) is -0.962. The van der Waals surface area contributed by atoms with Crippen LogP contribution in [-0.2, 0) is 9.59 Å². The molecule has 0 bridgehead atoms. The molecule has 3 N–H and O–H groups in total. The maximum absolute atomic E-state index is 12.2. The third-order valence-electron chi connectivity index (χ3n) is 4.94. The van der Waals surface area contributed by atoms with Gasteiger partial charge in [-0.2, -0.15) is 0 Å². The molecule has 3 unspecified atom stereocenters. The van der Waals surface area contributed by atoms with Gasteiger partial charge in [0, 0.05) is 18.9 Å². The quantitative estimate of drug-likeness (QED) is 0.714. The number of aliphatic carboxylic acids is 1. The molecule has 2 fully saturated rings. The summed E-state index contributed by atoms with van der Waals surface area (Å²) < 4.78 is 0. The fourth-order valence-electron chi connectivity index (χ4n) is 3.79. The second kappa shape index (κ2) is 7.07. The number of nitrogens with one attached hydrogen (secondary N) is 1. The van der Waals surface area contributed by atoms with E-state index in [4.69, 9.17) is 10.2 Å². The summed E-state index contributed by atoms with van der Waals surface area (Å²) in [6.07, 6.45) is 8.03. The van der Waals surface area contributed by atoms with E-state index in [9.17, 15) is 9.59 Å². The van der Waals surface area contributed by atoms with Gasteiger partial charge in [-0.3, -0.25) is 4.79 Å². The van der Waals surface area contributed by atoms with Crippen LogP contribution >= 0.6 is 0 Å². The van der Waals surface area contributed by atoms with Crippen molar-refractivity contribution in [1.82, 2.24) is 5.32 Å². The van der Waals surface area contributed by atoms with Crippen molar-refractivity contribution in [1.29, 1.82) is 0 Å². The number of amides is 1. The Bertz CT molecular complexity index is 358. The minimum absolute atomic E-state index is 0.0464. The maximum Gasteiger partial charge on any atom is 0.326 e. The predicted octanol–water partition coefficient (Wildman–Crippen LogP) is 1.54. The summed E-state index contributed by atoms with van der Waals surface area (Å²) in [5.74, 6) is 0.165. The third-order valence-corrected chi connectivity index (χ3v) is 4.94. The van der Waals surface area contributed by atoms with Gasteiger partial charge >= 0.3 is 5.97 Å². The number of fused-ring (bicyclic) bond motifs is 1. The number of aliphatic hydroxyl groups is 1. The second-order valence-electron chi connectivity index (χ2n) is 6.23. The minimum atomic E-state index is -1.07. The van der Waals surface area contributed by atoms with E-state index in [1.54, 1.807) is 0 Å². The number of carbonyl (C=O) groups excluding carboxylic acids is 1. The van der Waals surface area contributed by atoms with Crippen LogP contribution < -0.4 is 5.32 Å². The molecule has 0 aromatic rings. The van der Waals surface area contributed by atoms with Crippen molar-refractivity contribution in [2.45, 2.75) is 57.4 Å². The zero-order valence-electron chi connectivity index (χ0n) is 11.9. The highest BCUT2D eigenvalue weighted by molar-refractivity contribution is 5.85. The van der Waals surface area contributed by atoms with Crippen LogP contribution in [0.15, 0.2) is 0 Å². The number of carboxylic acids is 1. The van der Waals surface area contributed by atoms with Crippen LogP contribution in [0.4, 0.5) is 0 Å². The molecular formula is C15H25NO4. The maximum atomic E-state index is 12.2. The number of carbonyl (C=O) groups is 2. The van der Waals surface area contributed by atoms with Crippen molar-refractivity contribution < 1.29 is 19.8 Å². The van der Waals surface area contributed by atoms with Crippen LogP contribution in [0.2, 0.25) is 0 Å².